The lowest BCUT2D eigenvalue weighted by molar-refractivity contribution is -0.139. The molecule has 2 amide bonds. The molecule has 7 heteroatoms. The number of hydrogen-bond acceptors (Lipinski definition) is 3. The average molecular weight is 359 g/mol. The predicted octanol–water partition coefficient (Wildman–Crippen LogP) is 2.30. The van der Waals surface area contributed by atoms with Gasteiger partial charge in [0.05, 0.1) is 18.6 Å². The van der Waals surface area contributed by atoms with Gasteiger partial charge >= 0.3 is 12.0 Å². The van der Waals surface area contributed by atoms with Crippen LogP contribution in [-0.4, -0.2) is 36.9 Å². The van der Waals surface area contributed by atoms with E-state index in [1.54, 1.807) is 0 Å². The first-order valence-electron chi connectivity index (χ1n) is 6.46. The molecule has 0 fully saturated rings. The van der Waals surface area contributed by atoms with Crippen LogP contribution in [0.4, 0.5) is 4.79 Å². The molecule has 3 N–H and O–H groups in total. The highest BCUT2D eigenvalue weighted by molar-refractivity contribution is 9.10. The molecule has 21 heavy (non-hydrogen) atoms. The van der Waals surface area contributed by atoms with E-state index in [0.29, 0.717) is 0 Å². The molecule has 6 nitrogen and oxygen atoms in total. The predicted molar refractivity (Wildman–Crippen MR) is 82.1 cm³/mol. The molecule has 0 saturated heterocycles. The molecule has 0 aromatic heterocycles. The van der Waals surface area contributed by atoms with Crippen LogP contribution in [0, 0.1) is 0 Å². The summed E-state index contributed by atoms with van der Waals surface area (Å²) in [5.41, 5.74) is 0.974. The number of carboxylic acids is 1. The monoisotopic (exact) mass is 358 g/mol. The van der Waals surface area contributed by atoms with E-state index < -0.39 is 12.1 Å². The number of carboxylic acid groups (broad SMARTS) is 1. The van der Waals surface area contributed by atoms with Crippen LogP contribution in [0.5, 0.6) is 0 Å². The van der Waals surface area contributed by atoms with E-state index in [1.165, 1.54) is 7.11 Å². The fourth-order valence-electron chi connectivity index (χ4n) is 1.72. The number of carbonyl (C=O) groups is 2. The maximum Gasteiger partial charge on any atom is 0.315 e. The van der Waals surface area contributed by atoms with Crippen LogP contribution in [0.1, 0.15) is 24.9 Å². The summed E-state index contributed by atoms with van der Waals surface area (Å²) >= 11 is 3.35. The van der Waals surface area contributed by atoms with Crippen molar-refractivity contribution < 1.29 is 19.4 Å². The second-order valence-electron chi connectivity index (χ2n) is 4.58. The summed E-state index contributed by atoms with van der Waals surface area (Å²) in [6, 6.07) is 7.12. The average Bonchev–Trinajstić information content (AvgIpc) is 2.43. The van der Waals surface area contributed by atoms with Gasteiger partial charge in [-0.05, 0) is 24.6 Å². The number of nitrogens with one attached hydrogen (secondary N) is 2. The molecule has 0 heterocycles. The van der Waals surface area contributed by atoms with Crippen molar-refractivity contribution in [2.75, 3.05) is 13.7 Å². The fraction of sp³-hybridized carbons (Fsp3) is 0.429. The van der Waals surface area contributed by atoms with E-state index in [-0.39, 0.29) is 25.0 Å². The van der Waals surface area contributed by atoms with E-state index >= 15 is 0 Å². The Labute approximate surface area is 132 Å². The summed E-state index contributed by atoms with van der Waals surface area (Å²) in [7, 11) is 1.41. The Hall–Kier alpha value is -1.60. The fourth-order valence-corrected chi connectivity index (χ4v) is 1.99. The molecule has 1 aromatic rings. The van der Waals surface area contributed by atoms with E-state index in [4.69, 9.17) is 9.84 Å². The van der Waals surface area contributed by atoms with Crippen molar-refractivity contribution in [1.82, 2.24) is 10.6 Å². The van der Waals surface area contributed by atoms with Crippen molar-refractivity contribution >= 4 is 27.9 Å². The van der Waals surface area contributed by atoms with Crippen LogP contribution in [0.15, 0.2) is 28.7 Å². The summed E-state index contributed by atoms with van der Waals surface area (Å²) in [6.45, 7) is 2.01. The molecular weight excluding hydrogens is 340 g/mol. The lowest BCUT2D eigenvalue weighted by Crippen LogP contribution is -2.41. The molecule has 0 spiro atoms. The van der Waals surface area contributed by atoms with Gasteiger partial charge in [-0.15, -0.1) is 0 Å². The van der Waals surface area contributed by atoms with Gasteiger partial charge in [0.2, 0.25) is 0 Å². The number of benzene rings is 1. The summed E-state index contributed by atoms with van der Waals surface area (Å²) in [4.78, 5) is 22.4. The molecule has 1 rings (SSSR count). The minimum atomic E-state index is -0.965. The van der Waals surface area contributed by atoms with E-state index in [0.717, 1.165) is 10.0 Å². The summed E-state index contributed by atoms with van der Waals surface area (Å²) in [5, 5.41) is 14.1. The normalized spacial score (nSPS) is 13.3. The number of halogens is 1. The van der Waals surface area contributed by atoms with Crippen molar-refractivity contribution in [2.45, 2.75) is 25.5 Å². The first-order chi connectivity index (χ1) is 9.92. The number of carbonyl (C=O) groups excluding carboxylic acids is 1. The number of amides is 2. The summed E-state index contributed by atoms with van der Waals surface area (Å²) < 4.78 is 5.96. The molecule has 0 saturated carbocycles. The number of aliphatic carboxylic acids is 1. The van der Waals surface area contributed by atoms with Crippen LogP contribution < -0.4 is 10.6 Å². The third kappa shape index (κ3) is 6.59. The minimum absolute atomic E-state index is 0.141. The maximum atomic E-state index is 11.8. The Morgan fingerprint density at radius 2 is 1.95 bits per heavy atom. The van der Waals surface area contributed by atoms with Crippen LogP contribution in [-0.2, 0) is 9.53 Å². The zero-order valence-electron chi connectivity index (χ0n) is 11.9. The van der Waals surface area contributed by atoms with Crippen molar-refractivity contribution in [1.29, 1.82) is 0 Å². The molecule has 2 unspecified atom stereocenters. The van der Waals surface area contributed by atoms with Gasteiger partial charge < -0.3 is 20.5 Å². The molecule has 0 aliphatic carbocycles. The van der Waals surface area contributed by atoms with Gasteiger partial charge in [0.15, 0.2) is 0 Å². The number of methoxy groups -OCH3 is 1. The molecule has 0 aliphatic heterocycles. The SMILES string of the molecule is COC(CNC(=O)NC(C)c1ccc(Br)cc1)CC(=O)O. The lowest BCUT2D eigenvalue weighted by atomic mass is 10.1. The van der Waals surface area contributed by atoms with E-state index in [1.807, 2.05) is 31.2 Å². The third-order valence-corrected chi connectivity index (χ3v) is 3.47. The Morgan fingerprint density at radius 3 is 2.48 bits per heavy atom. The standard InChI is InChI=1S/C14H19BrN2O4/c1-9(10-3-5-11(15)6-4-10)17-14(20)16-8-12(21-2)7-13(18)19/h3-6,9,12H,7-8H2,1-2H3,(H,18,19)(H2,16,17,20). The quantitative estimate of drug-likeness (QED) is 0.697. The number of hydrogen-bond donors (Lipinski definition) is 3. The largest absolute Gasteiger partial charge is 0.481 e. The summed E-state index contributed by atoms with van der Waals surface area (Å²) in [6.07, 6.45) is -0.699. The van der Waals surface area contributed by atoms with Gasteiger partial charge in [0.1, 0.15) is 0 Å². The van der Waals surface area contributed by atoms with Gasteiger partial charge in [-0.2, -0.15) is 0 Å². The second-order valence-corrected chi connectivity index (χ2v) is 5.50. The van der Waals surface area contributed by atoms with Crippen molar-refractivity contribution in [3.8, 4) is 0 Å². The van der Waals surface area contributed by atoms with E-state index in [2.05, 4.69) is 26.6 Å². The van der Waals surface area contributed by atoms with Gasteiger partial charge in [-0.1, -0.05) is 28.1 Å². The van der Waals surface area contributed by atoms with Crippen LogP contribution >= 0.6 is 15.9 Å². The van der Waals surface area contributed by atoms with Crippen LogP contribution in [0.25, 0.3) is 0 Å². The zero-order chi connectivity index (χ0) is 15.8. The molecule has 0 aliphatic rings. The van der Waals surface area contributed by atoms with Crippen LogP contribution in [0.2, 0.25) is 0 Å². The molecule has 0 radical (unpaired) electrons. The smallest absolute Gasteiger partial charge is 0.315 e. The summed E-state index contributed by atoms with van der Waals surface area (Å²) in [5.74, 6) is -0.965. The zero-order valence-corrected chi connectivity index (χ0v) is 13.5. The Kier molecular flexibility index (Phi) is 7.18. The van der Waals surface area contributed by atoms with Crippen LogP contribution in [0.3, 0.4) is 0 Å². The van der Waals surface area contributed by atoms with Gasteiger partial charge in [0, 0.05) is 18.1 Å². The van der Waals surface area contributed by atoms with Gasteiger partial charge in [-0.3, -0.25) is 4.79 Å². The molecule has 116 valence electrons. The highest BCUT2D eigenvalue weighted by Crippen LogP contribution is 2.16. The Morgan fingerprint density at radius 1 is 1.33 bits per heavy atom. The third-order valence-electron chi connectivity index (χ3n) is 2.94. The van der Waals surface area contributed by atoms with Crippen molar-refractivity contribution in [3.63, 3.8) is 0 Å². The minimum Gasteiger partial charge on any atom is -0.481 e. The highest BCUT2D eigenvalue weighted by atomic mass is 79.9. The maximum absolute atomic E-state index is 11.8. The molecular formula is C14H19BrN2O4. The lowest BCUT2D eigenvalue weighted by Gasteiger charge is -2.17. The van der Waals surface area contributed by atoms with E-state index in [9.17, 15) is 9.59 Å². The second kappa shape index (κ2) is 8.63. The first-order valence-corrected chi connectivity index (χ1v) is 7.26. The highest BCUT2D eigenvalue weighted by Gasteiger charge is 2.14. The number of ether oxygens (including phenoxy) is 1. The van der Waals surface area contributed by atoms with Crippen molar-refractivity contribution in [2.24, 2.45) is 0 Å². The molecule has 2 atom stereocenters. The molecule has 0 bridgehead atoms. The Balaban J connectivity index is 2.42. The first kappa shape index (κ1) is 17.5. The molecule has 1 aromatic carbocycles. The van der Waals surface area contributed by atoms with Crippen molar-refractivity contribution in [3.05, 3.63) is 34.3 Å². The van der Waals surface area contributed by atoms with Gasteiger partial charge in [-0.25, -0.2) is 4.79 Å². The topological polar surface area (TPSA) is 87.7 Å². The number of urea groups is 1. The van der Waals surface area contributed by atoms with Gasteiger partial charge in [0.25, 0.3) is 0 Å². The number of rotatable bonds is 7. The Bertz CT molecular complexity index is 478.